The van der Waals surface area contributed by atoms with Gasteiger partial charge in [0, 0.05) is 19.1 Å². The van der Waals surface area contributed by atoms with Gasteiger partial charge in [0.05, 0.1) is 19.2 Å². The largest absolute Gasteiger partial charge is 0.495 e. The molecule has 1 aromatic carbocycles. The zero-order valence-corrected chi connectivity index (χ0v) is 12.2. The first-order chi connectivity index (χ1) is 10.2. The molecule has 1 N–H and O–H groups in total. The second kappa shape index (κ2) is 5.74. The van der Waals surface area contributed by atoms with Gasteiger partial charge in [-0.15, -0.1) is 0 Å². The molecule has 0 bridgehead atoms. The van der Waals surface area contributed by atoms with Gasteiger partial charge < -0.3 is 15.0 Å². The summed E-state index contributed by atoms with van der Waals surface area (Å²) >= 11 is 0. The molecule has 1 atom stereocenters. The van der Waals surface area contributed by atoms with E-state index in [0.717, 1.165) is 32.4 Å². The first-order valence-electron chi connectivity index (χ1n) is 7.33. The zero-order valence-electron chi connectivity index (χ0n) is 12.2. The van der Waals surface area contributed by atoms with Crippen LogP contribution in [0.2, 0.25) is 0 Å². The molecule has 3 rings (SSSR count). The van der Waals surface area contributed by atoms with Crippen LogP contribution in [0.1, 0.15) is 23.1 Å². The molecule has 1 aliphatic heterocycles. The summed E-state index contributed by atoms with van der Waals surface area (Å²) in [5.41, 5.74) is 3.01. The number of hydrogen-bond donors (Lipinski definition) is 1. The first-order valence-corrected chi connectivity index (χ1v) is 7.33. The molecule has 1 aliphatic carbocycles. The van der Waals surface area contributed by atoms with Gasteiger partial charge in [0.1, 0.15) is 11.8 Å². The van der Waals surface area contributed by atoms with Crippen LogP contribution in [0.25, 0.3) is 0 Å². The van der Waals surface area contributed by atoms with Crippen molar-refractivity contribution in [3.8, 4) is 11.8 Å². The van der Waals surface area contributed by atoms with Crippen molar-refractivity contribution in [1.29, 1.82) is 5.26 Å². The lowest BCUT2D eigenvalue weighted by Gasteiger charge is -2.37. The van der Waals surface area contributed by atoms with Crippen molar-refractivity contribution in [3.63, 3.8) is 0 Å². The number of nitrogens with zero attached hydrogens (tertiary/aromatic N) is 2. The molecular weight excluding hydrogens is 266 g/mol. The van der Waals surface area contributed by atoms with E-state index >= 15 is 0 Å². The van der Waals surface area contributed by atoms with E-state index in [9.17, 15) is 4.79 Å². The SMILES string of the molecule is COc1cc2c(cc1C#N)CCC(N1CCNCC1=O)C2. The molecule has 0 aromatic heterocycles. The van der Waals surface area contributed by atoms with Crippen molar-refractivity contribution < 1.29 is 9.53 Å². The molecular formula is C16H19N3O2. The van der Waals surface area contributed by atoms with E-state index in [1.807, 2.05) is 17.0 Å². The number of fused-ring (bicyclic) bond motifs is 1. The van der Waals surface area contributed by atoms with Gasteiger partial charge in [-0.05, 0) is 42.5 Å². The minimum atomic E-state index is 0.190. The van der Waals surface area contributed by atoms with E-state index in [2.05, 4.69) is 11.4 Å². The molecule has 1 saturated heterocycles. The van der Waals surface area contributed by atoms with Gasteiger partial charge in [-0.2, -0.15) is 5.26 Å². The van der Waals surface area contributed by atoms with Crippen LogP contribution in [-0.2, 0) is 17.6 Å². The van der Waals surface area contributed by atoms with Crippen LogP contribution >= 0.6 is 0 Å². The van der Waals surface area contributed by atoms with E-state index in [0.29, 0.717) is 17.9 Å². The molecule has 0 spiro atoms. The van der Waals surface area contributed by atoms with Crippen LogP contribution < -0.4 is 10.1 Å². The Labute approximate surface area is 124 Å². The lowest BCUT2D eigenvalue weighted by atomic mass is 9.86. The predicted octanol–water partition coefficient (Wildman–Crippen LogP) is 0.856. The smallest absolute Gasteiger partial charge is 0.236 e. The number of aryl methyl sites for hydroxylation is 1. The second-order valence-electron chi connectivity index (χ2n) is 5.59. The summed E-state index contributed by atoms with van der Waals surface area (Å²) < 4.78 is 5.29. The Balaban J connectivity index is 1.85. The summed E-state index contributed by atoms with van der Waals surface area (Å²) in [6.45, 7) is 2.10. The lowest BCUT2D eigenvalue weighted by molar-refractivity contribution is -0.134. The molecule has 1 amide bonds. The van der Waals surface area contributed by atoms with E-state index in [1.54, 1.807) is 7.11 Å². The third kappa shape index (κ3) is 2.59. The Morgan fingerprint density at radius 3 is 3.00 bits per heavy atom. The normalized spacial score (nSPS) is 21.6. The van der Waals surface area contributed by atoms with Crippen molar-refractivity contribution in [3.05, 3.63) is 28.8 Å². The van der Waals surface area contributed by atoms with E-state index in [-0.39, 0.29) is 11.9 Å². The highest BCUT2D eigenvalue weighted by Crippen LogP contribution is 2.30. The summed E-state index contributed by atoms with van der Waals surface area (Å²) in [7, 11) is 1.59. The minimum Gasteiger partial charge on any atom is -0.495 e. The van der Waals surface area contributed by atoms with E-state index < -0.39 is 0 Å². The number of nitriles is 1. The van der Waals surface area contributed by atoms with Gasteiger partial charge in [-0.3, -0.25) is 4.79 Å². The van der Waals surface area contributed by atoms with Gasteiger partial charge in [-0.25, -0.2) is 0 Å². The highest BCUT2D eigenvalue weighted by Gasteiger charge is 2.29. The first kappa shape index (κ1) is 13.9. The monoisotopic (exact) mass is 285 g/mol. The van der Waals surface area contributed by atoms with Crippen LogP contribution in [-0.4, -0.2) is 43.6 Å². The fraction of sp³-hybridized carbons (Fsp3) is 0.500. The van der Waals surface area contributed by atoms with Gasteiger partial charge in [-0.1, -0.05) is 0 Å². The second-order valence-corrected chi connectivity index (χ2v) is 5.59. The number of carbonyl (C=O) groups is 1. The maximum absolute atomic E-state index is 12.0. The predicted molar refractivity (Wildman–Crippen MR) is 78.1 cm³/mol. The van der Waals surface area contributed by atoms with Crippen LogP contribution in [0, 0.1) is 11.3 Å². The highest BCUT2D eigenvalue weighted by molar-refractivity contribution is 5.79. The minimum absolute atomic E-state index is 0.190. The Bertz CT molecular complexity index is 606. The maximum Gasteiger partial charge on any atom is 0.236 e. The van der Waals surface area contributed by atoms with Gasteiger partial charge in [0.2, 0.25) is 5.91 Å². The number of carbonyl (C=O) groups excluding carboxylic acids is 1. The molecule has 1 unspecified atom stereocenters. The van der Waals surface area contributed by atoms with E-state index in [1.165, 1.54) is 11.1 Å². The lowest BCUT2D eigenvalue weighted by Crippen LogP contribution is -2.53. The summed E-state index contributed by atoms with van der Waals surface area (Å²) in [6, 6.07) is 6.35. The van der Waals surface area contributed by atoms with Gasteiger partial charge in [0.25, 0.3) is 0 Å². The third-order valence-electron chi connectivity index (χ3n) is 4.41. The number of hydrogen-bond acceptors (Lipinski definition) is 4. The van der Waals surface area contributed by atoms with Gasteiger partial charge in [0.15, 0.2) is 0 Å². The van der Waals surface area contributed by atoms with Crippen LogP contribution in [0.3, 0.4) is 0 Å². The van der Waals surface area contributed by atoms with Crippen molar-refractivity contribution in [2.24, 2.45) is 0 Å². The Morgan fingerprint density at radius 2 is 2.29 bits per heavy atom. The Hall–Kier alpha value is -2.06. The third-order valence-corrected chi connectivity index (χ3v) is 4.41. The number of rotatable bonds is 2. The summed E-state index contributed by atoms with van der Waals surface area (Å²) in [6.07, 6.45) is 2.73. The molecule has 5 heteroatoms. The summed E-state index contributed by atoms with van der Waals surface area (Å²) in [5.74, 6) is 0.818. The number of methoxy groups -OCH3 is 1. The number of nitrogens with one attached hydrogen (secondary N) is 1. The van der Waals surface area contributed by atoms with Crippen molar-refractivity contribution >= 4 is 5.91 Å². The standard InChI is InChI=1S/C16H19N3O2/c1-21-15-8-12-7-14(19-5-4-18-10-16(19)20)3-2-11(12)6-13(15)9-17/h6,8,14,18H,2-5,7,10H2,1H3. The summed E-state index contributed by atoms with van der Waals surface area (Å²) in [4.78, 5) is 14.0. The zero-order chi connectivity index (χ0) is 14.8. The fourth-order valence-corrected chi connectivity index (χ4v) is 3.30. The molecule has 0 saturated carbocycles. The Morgan fingerprint density at radius 1 is 1.43 bits per heavy atom. The van der Waals surface area contributed by atoms with Crippen molar-refractivity contribution in [1.82, 2.24) is 10.2 Å². The molecule has 1 aromatic rings. The molecule has 2 aliphatic rings. The number of benzene rings is 1. The number of ether oxygens (including phenoxy) is 1. The molecule has 21 heavy (non-hydrogen) atoms. The molecule has 110 valence electrons. The molecule has 5 nitrogen and oxygen atoms in total. The maximum atomic E-state index is 12.0. The number of amides is 1. The highest BCUT2D eigenvalue weighted by atomic mass is 16.5. The summed E-state index contributed by atoms with van der Waals surface area (Å²) in [5, 5.41) is 12.3. The fourth-order valence-electron chi connectivity index (χ4n) is 3.30. The molecule has 1 fully saturated rings. The van der Waals surface area contributed by atoms with E-state index in [4.69, 9.17) is 10.00 Å². The molecule has 0 radical (unpaired) electrons. The number of piperazine rings is 1. The average molecular weight is 285 g/mol. The topological polar surface area (TPSA) is 65.4 Å². The van der Waals surface area contributed by atoms with Crippen molar-refractivity contribution in [2.45, 2.75) is 25.3 Å². The Kier molecular flexibility index (Phi) is 3.80. The average Bonchev–Trinajstić information content (AvgIpc) is 2.53. The van der Waals surface area contributed by atoms with Gasteiger partial charge >= 0.3 is 0 Å². The molecule has 1 heterocycles. The quantitative estimate of drug-likeness (QED) is 0.875. The van der Waals surface area contributed by atoms with Crippen molar-refractivity contribution in [2.75, 3.05) is 26.7 Å². The van der Waals surface area contributed by atoms with Crippen LogP contribution in [0.5, 0.6) is 5.75 Å². The van der Waals surface area contributed by atoms with Crippen LogP contribution in [0.15, 0.2) is 12.1 Å². The van der Waals surface area contributed by atoms with Crippen LogP contribution in [0.4, 0.5) is 0 Å².